The molecule has 11 heteroatoms. The second-order valence-corrected chi connectivity index (χ2v) is 6.60. The van der Waals surface area contributed by atoms with Gasteiger partial charge in [0.1, 0.15) is 23.6 Å². The van der Waals surface area contributed by atoms with Gasteiger partial charge in [0.25, 0.3) is 6.43 Å². The van der Waals surface area contributed by atoms with Crippen molar-refractivity contribution in [3.8, 4) is 18.1 Å². The number of pyridine rings is 1. The lowest BCUT2D eigenvalue weighted by Gasteiger charge is -2.30. The molecule has 0 radical (unpaired) electrons. The molecule has 2 aromatic heterocycles. The van der Waals surface area contributed by atoms with Crippen molar-refractivity contribution in [1.29, 1.82) is 10.5 Å². The van der Waals surface area contributed by atoms with E-state index in [1.807, 2.05) is 6.07 Å². The number of hydrogen-bond acceptors (Lipinski definition) is 8. The summed E-state index contributed by atoms with van der Waals surface area (Å²) in [6.45, 7) is 0.983. The number of anilines is 1. The van der Waals surface area contributed by atoms with Crippen molar-refractivity contribution in [3.63, 3.8) is 0 Å². The van der Waals surface area contributed by atoms with E-state index in [9.17, 15) is 14.0 Å². The number of fused-ring (bicyclic) bond motifs is 1. The molecule has 1 aliphatic heterocycles. The van der Waals surface area contributed by atoms with Gasteiger partial charge in [0, 0.05) is 43.2 Å². The lowest BCUT2D eigenvalue weighted by Crippen LogP contribution is -2.32. The number of rotatable bonds is 7. The van der Waals surface area contributed by atoms with E-state index in [1.165, 1.54) is 12.4 Å². The van der Waals surface area contributed by atoms with Gasteiger partial charge in [-0.1, -0.05) is 11.6 Å². The van der Waals surface area contributed by atoms with Crippen LogP contribution in [0.25, 0.3) is 0 Å². The molecule has 1 aliphatic rings. The first kappa shape index (κ1) is 20.6. The van der Waals surface area contributed by atoms with E-state index in [4.69, 9.17) is 21.6 Å². The third kappa shape index (κ3) is 5.05. The fourth-order valence-corrected chi connectivity index (χ4v) is 3.31. The number of nitrogens with one attached hydrogen (secondary N) is 1. The molecule has 2 aromatic rings. The Kier molecular flexibility index (Phi) is 6.70. The van der Waals surface area contributed by atoms with Crippen LogP contribution in [0.15, 0.2) is 12.4 Å². The highest BCUT2D eigenvalue weighted by atomic mass is 35.5. The highest BCUT2D eigenvalue weighted by Gasteiger charge is 2.25. The summed E-state index contributed by atoms with van der Waals surface area (Å²) in [5.41, 5.74) is 2.75. The summed E-state index contributed by atoms with van der Waals surface area (Å²) in [6, 6.07) is 4.00. The van der Waals surface area contributed by atoms with Gasteiger partial charge in [0.2, 0.25) is 0 Å². The minimum Gasteiger partial charge on any atom is -0.457 e. The van der Waals surface area contributed by atoms with E-state index in [1.54, 1.807) is 0 Å². The van der Waals surface area contributed by atoms with Crippen LogP contribution in [0.5, 0.6) is 6.01 Å². The van der Waals surface area contributed by atoms with Crippen LogP contribution >= 0.6 is 11.6 Å². The standard InChI is InChI=1S/C18H16ClF2N7O/c19-16-13(5-23)14-9-28(4-1-12(14)17(27-16)24-3-2-22)8-11-6-25-18(26-7-11)29-10-15(20)21/h6-7,15H,1,3-4,8-10H2,(H,24,27). The number of aromatic nitrogens is 3. The van der Waals surface area contributed by atoms with Crippen LogP contribution in [0.2, 0.25) is 5.15 Å². The smallest absolute Gasteiger partial charge is 0.316 e. The number of alkyl halides is 2. The Morgan fingerprint density at radius 1 is 1.28 bits per heavy atom. The predicted molar refractivity (Wildman–Crippen MR) is 99.4 cm³/mol. The summed E-state index contributed by atoms with van der Waals surface area (Å²) < 4.78 is 29.1. The molecule has 0 spiro atoms. The minimum absolute atomic E-state index is 0.0860. The molecule has 0 bridgehead atoms. The topological polar surface area (TPSA) is 111 Å². The van der Waals surface area contributed by atoms with Crippen molar-refractivity contribution in [2.24, 2.45) is 0 Å². The van der Waals surface area contributed by atoms with Gasteiger partial charge in [-0.15, -0.1) is 0 Å². The Bertz CT molecular complexity index is 957. The van der Waals surface area contributed by atoms with E-state index < -0.39 is 13.0 Å². The molecule has 3 heterocycles. The molecule has 0 saturated heterocycles. The third-order valence-electron chi connectivity index (χ3n) is 4.30. The first-order valence-corrected chi connectivity index (χ1v) is 9.06. The maximum absolute atomic E-state index is 12.2. The van der Waals surface area contributed by atoms with Crippen LogP contribution in [0.3, 0.4) is 0 Å². The summed E-state index contributed by atoms with van der Waals surface area (Å²) in [7, 11) is 0. The van der Waals surface area contributed by atoms with Gasteiger partial charge in [-0.05, 0) is 12.0 Å². The maximum Gasteiger partial charge on any atom is 0.316 e. The van der Waals surface area contributed by atoms with Gasteiger partial charge in [-0.3, -0.25) is 4.90 Å². The van der Waals surface area contributed by atoms with Crippen LogP contribution in [-0.2, 0) is 19.5 Å². The molecule has 0 unspecified atom stereocenters. The third-order valence-corrected chi connectivity index (χ3v) is 4.57. The SMILES string of the molecule is N#CCNc1nc(Cl)c(C#N)c2c1CCN(Cc1cnc(OCC(F)F)nc1)C2. The van der Waals surface area contributed by atoms with Crippen LogP contribution < -0.4 is 10.1 Å². The van der Waals surface area contributed by atoms with Crippen LogP contribution in [0, 0.1) is 22.7 Å². The Morgan fingerprint density at radius 2 is 2.03 bits per heavy atom. The fourth-order valence-electron chi connectivity index (χ4n) is 3.07. The summed E-state index contributed by atoms with van der Waals surface area (Å²) >= 11 is 6.16. The molecular formula is C18H16ClF2N7O. The molecule has 0 saturated carbocycles. The molecule has 1 N–H and O–H groups in total. The lowest BCUT2D eigenvalue weighted by molar-refractivity contribution is 0.0769. The zero-order valence-corrected chi connectivity index (χ0v) is 16.0. The van der Waals surface area contributed by atoms with Gasteiger partial charge in [-0.2, -0.15) is 10.5 Å². The number of nitrogens with zero attached hydrogens (tertiary/aromatic N) is 6. The van der Waals surface area contributed by atoms with Crippen molar-refractivity contribution in [1.82, 2.24) is 19.9 Å². The summed E-state index contributed by atoms with van der Waals surface area (Å²) in [4.78, 5) is 14.2. The predicted octanol–water partition coefficient (Wildman–Crippen LogP) is 2.53. The highest BCUT2D eigenvalue weighted by Crippen LogP contribution is 2.32. The minimum atomic E-state index is -2.59. The van der Waals surface area contributed by atoms with E-state index >= 15 is 0 Å². The zero-order valence-electron chi connectivity index (χ0n) is 15.2. The Labute approximate surface area is 170 Å². The quantitative estimate of drug-likeness (QED) is 0.538. The maximum atomic E-state index is 12.2. The largest absolute Gasteiger partial charge is 0.457 e. The molecule has 3 rings (SSSR count). The molecule has 0 amide bonds. The highest BCUT2D eigenvalue weighted by molar-refractivity contribution is 6.30. The summed E-state index contributed by atoms with van der Waals surface area (Å²) in [5.74, 6) is 0.522. The number of hydrogen-bond donors (Lipinski definition) is 1. The fraction of sp³-hybridized carbons (Fsp3) is 0.389. The summed E-state index contributed by atoms with van der Waals surface area (Å²) in [6.07, 6.45) is 1.08. The lowest BCUT2D eigenvalue weighted by atomic mass is 9.96. The molecule has 0 aromatic carbocycles. The first-order chi connectivity index (χ1) is 14.0. The molecular weight excluding hydrogens is 404 g/mol. The van der Waals surface area contributed by atoms with Gasteiger partial charge in [0.05, 0.1) is 11.6 Å². The second-order valence-electron chi connectivity index (χ2n) is 6.24. The molecule has 8 nitrogen and oxygen atoms in total. The molecule has 0 fully saturated rings. The van der Waals surface area contributed by atoms with E-state index in [2.05, 4.69) is 31.2 Å². The van der Waals surface area contributed by atoms with Gasteiger partial charge in [-0.25, -0.2) is 23.7 Å². The number of nitriles is 2. The molecule has 0 aliphatic carbocycles. The van der Waals surface area contributed by atoms with Crippen LogP contribution in [0.1, 0.15) is 22.3 Å². The van der Waals surface area contributed by atoms with E-state index in [0.29, 0.717) is 37.4 Å². The first-order valence-electron chi connectivity index (χ1n) is 8.68. The second kappa shape index (κ2) is 9.41. The van der Waals surface area contributed by atoms with Crippen LogP contribution in [0.4, 0.5) is 14.6 Å². The van der Waals surface area contributed by atoms with Crippen molar-refractivity contribution in [2.45, 2.75) is 25.9 Å². The Morgan fingerprint density at radius 3 is 2.69 bits per heavy atom. The Hall–Kier alpha value is -3.08. The normalized spacial score (nSPS) is 13.4. The zero-order chi connectivity index (χ0) is 20.8. The average Bonchev–Trinajstić information content (AvgIpc) is 2.71. The Balaban J connectivity index is 1.74. The molecule has 0 atom stereocenters. The van der Waals surface area contributed by atoms with Gasteiger partial charge >= 0.3 is 6.01 Å². The van der Waals surface area contributed by atoms with Gasteiger partial charge < -0.3 is 10.1 Å². The molecule has 150 valence electrons. The van der Waals surface area contributed by atoms with E-state index in [0.717, 1.165) is 16.7 Å². The van der Waals surface area contributed by atoms with Crippen molar-refractivity contribution in [3.05, 3.63) is 39.8 Å². The number of ether oxygens (including phenoxy) is 1. The van der Waals surface area contributed by atoms with Crippen LogP contribution in [-0.4, -0.2) is 46.0 Å². The number of halogens is 3. The van der Waals surface area contributed by atoms with Crippen molar-refractivity contribution >= 4 is 17.4 Å². The molecule has 29 heavy (non-hydrogen) atoms. The average molecular weight is 420 g/mol. The summed E-state index contributed by atoms with van der Waals surface area (Å²) in [5, 5.41) is 21.3. The van der Waals surface area contributed by atoms with E-state index in [-0.39, 0.29) is 17.7 Å². The van der Waals surface area contributed by atoms with Gasteiger partial charge in [0.15, 0.2) is 6.61 Å². The van der Waals surface area contributed by atoms with Crippen molar-refractivity contribution in [2.75, 3.05) is 25.0 Å². The monoisotopic (exact) mass is 419 g/mol. The van der Waals surface area contributed by atoms with Crippen molar-refractivity contribution < 1.29 is 13.5 Å².